The molecule has 0 spiro atoms. The fourth-order valence-electron chi connectivity index (χ4n) is 4.10. The molecule has 0 saturated heterocycles. The van der Waals surface area contributed by atoms with Gasteiger partial charge in [-0.15, -0.1) is 0 Å². The maximum Gasteiger partial charge on any atom is 0.290 e. The van der Waals surface area contributed by atoms with E-state index >= 15 is 0 Å². The third-order valence-corrected chi connectivity index (χ3v) is 5.82. The molecule has 2 heterocycles. The van der Waals surface area contributed by atoms with Gasteiger partial charge < -0.3 is 9.32 Å². The highest BCUT2D eigenvalue weighted by molar-refractivity contribution is 9.10. The summed E-state index contributed by atoms with van der Waals surface area (Å²) in [6, 6.07) is 11.2. The van der Waals surface area contributed by atoms with Crippen LogP contribution in [0, 0.1) is 13.8 Å². The molecule has 28 heavy (non-hydrogen) atoms. The standard InChI is InChI=1S/C23H22BrNO3/c1-4-5-9-25-20(15-7-6-8-16(24)12-15)19-21(26)18-14(3)10-13(2)11-17(18)28-22(19)23(25)27/h6-8,10-12,20H,4-5,9H2,1-3H3. The van der Waals surface area contributed by atoms with Gasteiger partial charge in [0.2, 0.25) is 5.76 Å². The van der Waals surface area contributed by atoms with E-state index in [9.17, 15) is 9.59 Å². The van der Waals surface area contributed by atoms with Crippen molar-refractivity contribution in [3.05, 3.63) is 79.1 Å². The fourth-order valence-corrected chi connectivity index (χ4v) is 4.51. The number of carbonyl (C=O) groups excluding carboxylic acids is 1. The van der Waals surface area contributed by atoms with Crippen LogP contribution in [0.5, 0.6) is 0 Å². The summed E-state index contributed by atoms with van der Waals surface area (Å²) in [4.78, 5) is 28.5. The summed E-state index contributed by atoms with van der Waals surface area (Å²) in [5.41, 5.74) is 3.63. The summed E-state index contributed by atoms with van der Waals surface area (Å²) >= 11 is 3.51. The molecule has 1 aliphatic heterocycles. The van der Waals surface area contributed by atoms with Crippen molar-refractivity contribution in [2.24, 2.45) is 0 Å². The summed E-state index contributed by atoms with van der Waals surface area (Å²) in [6.45, 7) is 6.55. The minimum atomic E-state index is -0.423. The Hall–Kier alpha value is -2.40. The minimum Gasteiger partial charge on any atom is -0.450 e. The molecule has 0 N–H and O–H groups in total. The summed E-state index contributed by atoms with van der Waals surface area (Å²) in [6.07, 6.45) is 1.84. The first-order chi connectivity index (χ1) is 13.4. The van der Waals surface area contributed by atoms with E-state index in [1.54, 1.807) is 4.90 Å². The van der Waals surface area contributed by atoms with E-state index in [1.807, 2.05) is 50.2 Å². The molecule has 2 aromatic carbocycles. The molecule has 1 aliphatic rings. The van der Waals surface area contributed by atoms with E-state index in [0.717, 1.165) is 34.0 Å². The van der Waals surface area contributed by atoms with Gasteiger partial charge in [-0.1, -0.05) is 47.5 Å². The normalized spacial score (nSPS) is 16.1. The minimum absolute atomic E-state index is 0.105. The van der Waals surface area contributed by atoms with Gasteiger partial charge in [-0.25, -0.2) is 0 Å². The maximum absolute atomic E-state index is 13.5. The Morgan fingerprint density at radius 1 is 1.14 bits per heavy atom. The maximum atomic E-state index is 13.5. The topological polar surface area (TPSA) is 50.5 Å². The predicted molar refractivity (Wildman–Crippen MR) is 114 cm³/mol. The van der Waals surface area contributed by atoms with Crippen LogP contribution in [0.2, 0.25) is 0 Å². The summed E-state index contributed by atoms with van der Waals surface area (Å²) in [5, 5.41) is 0.564. The molecule has 144 valence electrons. The van der Waals surface area contributed by atoms with E-state index in [1.165, 1.54) is 0 Å². The van der Waals surface area contributed by atoms with Gasteiger partial charge in [-0.3, -0.25) is 9.59 Å². The molecule has 1 aromatic heterocycles. The molecule has 4 rings (SSSR count). The number of halogens is 1. The molecule has 0 fully saturated rings. The van der Waals surface area contributed by atoms with Gasteiger partial charge in [0.25, 0.3) is 5.91 Å². The van der Waals surface area contributed by atoms with Crippen molar-refractivity contribution < 1.29 is 9.21 Å². The van der Waals surface area contributed by atoms with Crippen LogP contribution in [0.1, 0.15) is 58.6 Å². The molecule has 5 heteroatoms. The number of amides is 1. The summed E-state index contributed by atoms with van der Waals surface area (Å²) in [7, 11) is 0. The van der Waals surface area contributed by atoms with Gasteiger partial charge in [-0.2, -0.15) is 0 Å². The van der Waals surface area contributed by atoms with E-state index in [4.69, 9.17) is 4.42 Å². The van der Waals surface area contributed by atoms with Gasteiger partial charge >= 0.3 is 0 Å². The Bertz CT molecular complexity index is 1150. The second-order valence-corrected chi connectivity index (χ2v) is 8.35. The Morgan fingerprint density at radius 2 is 1.93 bits per heavy atom. The highest BCUT2D eigenvalue weighted by atomic mass is 79.9. The third kappa shape index (κ3) is 2.98. The number of hydrogen-bond acceptors (Lipinski definition) is 3. The van der Waals surface area contributed by atoms with Crippen LogP contribution < -0.4 is 5.43 Å². The fraction of sp³-hybridized carbons (Fsp3) is 0.304. The monoisotopic (exact) mass is 439 g/mol. The average Bonchev–Trinajstić information content (AvgIpc) is 2.92. The zero-order chi connectivity index (χ0) is 20.0. The van der Waals surface area contributed by atoms with Gasteiger partial charge in [0.05, 0.1) is 17.0 Å². The lowest BCUT2D eigenvalue weighted by Crippen LogP contribution is -2.30. The molecule has 0 bridgehead atoms. The molecule has 1 atom stereocenters. The Kier molecular flexibility index (Phi) is 4.88. The quantitative estimate of drug-likeness (QED) is 0.537. The van der Waals surface area contributed by atoms with Crippen molar-refractivity contribution in [1.29, 1.82) is 0 Å². The van der Waals surface area contributed by atoms with Crippen LogP contribution in [-0.2, 0) is 0 Å². The van der Waals surface area contributed by atoms with Crippen LogP contribution in [0.15, 0.2) is 50.1 Å². The van der Waals surface area contributed by atoms with E-state index in [0.29, 0.717) is 23.1 Å². The Labute approximate surface area is 172 Å². The summed E-state index contributed by atoms with van der Waals surface area (Å²) < 4.78 is 6.96. The first-order valence-corrected chi connectivity index (χ1v) is 10.4. The lowest BCUT2D eigenvalue weighted by molar-refractivity contribution is 0.0725. The lowest BCUT2D eigenvalue weighted by atomic mass is 9.97. The highest BCUT2D eigenvalue weighted by Crippen LogP contribution is 2.39. The van der Waals surface area contributed by atoms with Crippen molar-refractivity contribution in [2.45, 2.75) is 39.7 Å². The van der Waals surface area contributed by atoms with Crippen molar-refractivity contribution in [3.8, 4) is 0 Å². The molecule has 0 saturated carbocycles. The molecule has 0 radical (unpaired) electrons. The Morgan fingerprint density at radius 3 is 2.64 bits per heavy atom. The van der Waals surface area contributed by atoms with Crippen LogP contribution in [0.3, 0.4) is 0 Å². The van der Waals surface area contributed by atoms with Crippen LogP contribution >= 0.6 is 15.9 Å². The SMILES string of the molecule is CCCCN1C(=O)c2oc3cc(C)cc(C)c3c(=O)c2C1c1cccc(Br)c1. The highest BCUT2D eigenvalue weighted by Gasteiger charge is 2.42. The Balaban J connectivity index is 2.01. The number of aryl methyl sites for hydroxylation is 2. The average molecular weight is 440 g/mol. The molecule has 4 nitrogen and oxygen atoms in total. The number of nitrogens with zero attached hydrogens (tertiary/aromatic N) is 1. The van der Waals surface area contributed by atoms with E-state index in [2.05, 4.69) is 22.9 Å². The van der Waals surface area contributed by atoms with Crippen molar-refractivity contribution in [3.63, 3.8) is 0 Å². The second-order valence-electron chi connectivity index (χ2n) is 7.44. The van der Waals surface area contributed by atoms with E-state index < -0.39 is 6.04 Å². The van der Waals surface area contributed by atoms with Crippen molar-refractivity contribution >= 4 is 32.8 Å². The zero-order valence-corrected chi connectivity index (χ0v) is 17.8. The molecule has 1 amide bonds. The number of fused-ring (bicyclic) bond motifs is 2. The number of carbonyl (C=O) groups is 1. The molecular weight excluding hydrogens is 418 g/mol. The number of unbranched alkanes of at least 4 members (excludes halogenated alkanes) is 1. The number of rotatable bonds is 4. The van der Waals surface area contributed by atoms with Crippen LogP contribution in [0.4, 0.5) is 0 Å². The van der Waals surface area contributed by atoms with Crippen LogP contribution in [-0.4, -0.2) is 17.4 Å². The smallest absolute Gasteiger partial charge is 0.290 e. The molecule has 0 aliphatic carbocycles. The molecule has 3 aromatic rings. The van der Waals surface area contributed by atoms with Crippen molar-refractivity contribution in [1.82, 2.24) is 4.90 Å². The summed E-state index contributed by atoms with van der Waals surface area (Å²) in [5.74, 6) is -0.0184. The van der Waals surface area contributed by atoms with Gasteiger partial charge in [0, 0.05) is 11.0 Å². The number of hydrogen-bond donors (Lipinski definition) is 0. The largest absolute Gasteiger partial charge is 0.450 e. The molecular formula is C23H22BrNO3. The van der Waals surface area contributed by atoms with Gasteiger partial charge in [0.1, 0.15) is 5.58 Å². The first-order valence-electron chi connectivity index (χ1n) is 9.56. The first kappa shape index (κ1) is 18.9. The van der Waals surface area contributed by atoms with Crippen molar-refractivity contribution in [2.75, 3.05) is 6.54 Å². The zero-order valence-electron chi connectivity index (χ0n) is 16.2. The van der Waals surface area contributed by atoms with Gasteiger partial charge in [-0.05, 0) is 55.2 Å². The van der Waals surface area contributed by atoms with Gasteiger partial charge in [0.15, 0.2) is 5.43 Å². The van der Waals surface area contributed by atoms with E-state index in [-0.39, 0.29) is 17.1 Å². The van der Waals surface area contributed by atoms with Crippen LogP contribution in [0.25, 0.3) is 11.0 Å². The third-order valence-electron chi connectivity index (χ3n) is 5.33. The molecule has 1 unspecified atom stereocenters. The predicted octanol–water partition coefficient (Wildman–Crippen LogP) is 5.52. The lowest BCUT2D eigenvalue weighted by Gasteiger charge is -2.25. The number of benzene rings is 2. The second kappa shape index (κ2) is 7.21.